The molecule has 0 bridgehead atoms. The highest BCUT2D eigenvalue weighted by Gasteiger charge is 2.17. The highest BCUT2D eigenvalue weighted by molar-refractivity contribution is 9.09. The van der Waals surface area contributed by atoms with Crippen molar-refractivity contribution in [1.82, 2.24) is 0 Å². The maximum Gasteiger partial charge on any atom is 0.194 e. The van der Waals surface area contributed by atoms with Crippen LogP contribution in [0.1, 0.15) is 41.3 Å². The molecule has 2 rings (SSSR count). The van der Waals surface area contributed by atoms with Crippen LogP contribution in [0.3, 0.4) is 0 Å². The predicted octanol–water partition coefficient (Wildman–Crippen LogP) is 5.71. The van der Waals surface area contributed by atoms with Crippen LogP contribution >= 0.6 is 15.9 Å². The van der Waals surface area contributed by atoms with Crippen molar-refractivity contribution in [2.24, 2.45) is 0 Å². The third-order valence-electron chi connectivity index (χ3n) is 3.19. The van der Waals surface area contributed by atoms with Gasteiger partial charge in [-0.2, -0.15) is 0 Å². The molecule has 4 heteroatoms. The predicted molar refractivity (Wildman–Crippen MR) is 77.6 cm³/mol. The SMILES string of the molecule is CC(C)c1ccc(C(Br)c2cc(F)c(F)c(F)c2)cc1. The molecule has 0 nitrogen and oxygen atoms in total. The quantitative estimate of drug-likeness (QED) is 0.495. The first-order valence-corrected chi connectivity index (χ1v) is 7.20. The summed E-state index contributed by atoms with van der Waals surface area (Å²) < 4.78 is 39.5. The largest absolute Gasteiger partial charge is 0.204 e. The summed E-state index contributed by atoms with van der Waals surface area (Å²) in [4.78, 5) is -0.381. The van der Waals surface area contributed by atoms with E-state index in [1.54, 1.807) is 0 Å². The second-order valence-electron chi connectivity index (χ2n) is 4.98. The minimum atomic E-state index is -1.44. The first kappa shape index (κ1) is 15.1. The smallest absolute Gasteiger partial charge is 0.194 e. The molecular formula is C16H14BrF3. The van der Waals surface area contributed by atoms with Gasteiger partial charge in [0.25, 0.3) is 0 Å². The molecule has 106 valence electrons. The van der Waals surface area contributed by atoms with Crippen molar-refractivity contribution < 1.29 is 13.2 Å². The Balaban J connectivity index is 2.33. The van der Waals surface area contributed by atoms with Crippen LogP contribution in [0, 0.1) is 17.5 Å². The zero-order valence-corrected chi connectivity index (χ0v) is 12.7. The Kier molecular flexibility index (Phi) is 4.53. The molecule has 2 aromatic rings. The van der Waals surface area contributed by atoms with Crippen molar-refractivity contribution >= 4 is 15.9 Å². The highest BCUT2D eigenvalue weighted by atomic mass is 79.9. The fraction of sp³-hybridized carbons (Fsp3) is 0.250. The van der Waals surface area contributed by atoms with Gasteiger partial charge in [0.15, 0.2) is 17.5 Å². The molecule has 0 aliphatic heterocycles. The van der Waals surface area contributed by atoms with Crippen LogP contribution in [0.5, 0.6) is 0 Å². The van der Waals surface area contributed by atoms with E-state index < -0.39 is 17.5 Å². The number of hydrogen-bond donors (Lipinski definition) is 0. The van der Waals surface area contributed by atoms with Gasteiger partial charge < -0.3 is 0 Å². The fourth-order valence-electron chi connectivity index (χ4n) is 1.96. The zero-order chi connectivity index (χ0) is 14.9. The van der Waals surface area contributed by atoms with Gasteiger partial charge in [0, 0.05) is 0 Å². The van der Waals surface area contributed by atoms with Crippen molar-refractivity contribution in [2.75, 3.05) is 0 Å². The van der Waals surface area contributed by atoms with Crippen LogP contribution in [-0.2, 0) is 0 Å². The third kappa shape index (κ3) is 3.06. The van der Waals surface area contributed by atoms with E-state index in [9.17, 15) is 13.2 Å². The first-order valence-electron chi connectivity index (χ1n) is 6.28. The number of alkyl halides is 1. The molecule has 0 saturated heterocycles. The summed E-state index contributed by atoms with van der Waals surface area (Å²) >= 11 is 3.39. The molecule has 0 N–H and O–H groups in total. The molecule has 0 radical (unpaired) electrons. The Morgan fingerprint density at radius 3 is 1.70 bits per heavy atom. The molecule has 0 heterocycles. The highest BCUT2D eigenvalue weighted by Crippen LogP contribution is 2.33. The summed E-state index contributed by atoms with van der Waals surface area (Å²) in [5, 5.41) is 0. The molecule has 0 aliphatic carbocycles. The Hall–Kier alpha value is -1.29. The molecule has 2 aromatic carbocycles. The van der Waals surface area contributed by atoms with E-state index in [1.807, 2.05) is 24.3 Å². The summed E-state index contributed by atoms with van der Waals surface area (Å²) in [6, 6.07) is 9.76. The van der Waals surface area contributed by atoms with Crippen LogP contribution in [0.2, 0.25) is 0 Å². The van der Waals surface area contributed by atoms with E-state index in [0.29, 0.717) is 11.5 Å². The van der Waals surface area contributed by atoms with Crippen molar-refractivity contribution in [1.29, 1.82) is 0 Å². The Labute approximate surface area is 124 Å². The number of halogens is 4. The molecule has 0 fully saturated rings. The summed E-state index contributed by atoms with van der Waals surface area (Å²) in [6.07, 6.45) is 0. The third-order valence-corrected chi connectivity index (χ3v) is 4.25. The lowest BCUT2D eigenvalue weighted by molar-refractivity contribution is 0.445. The van der Waals surface area contributed by atoms with Crippen molar-refractivity contribution in [3.05, 3.63) is 70.5 Å². The van der Waals surface area contributed by atoms with E-state index >= 15 is 0 Å². The fourth-order valence-corrected chi connectivity index (χ4v) is 2.53. The van der Waals surface area contributed by atoms with E-state index in [1.165, 1.54) is 5.56 Å². The second kappa shape index (κ2) is 6.00. The van der Waals surface area contributed by atoms with Crippen LogP contribution in [-0.4, -0.2) is 0 Å². The molecular weight excluding hydrogens is 329 g/mol. The standard InChI is InChI=1S/C16H14BrF3/c1-9(2)10-3-5-11(6-4-10)15(17)12-7-13(18)16(20)14(19)8-12/h3-9,15H,1-2H3. The summed E-state index contributed by atoms with van der Waals surface area (Å²) in [7, 11) is 0. The molecule has 0 spiro atoms. The van der Waals surface area contributed by atoms with Gasteiger partial charge in [-0.3, -0.25) is 0 Å². The monoisotopic (exact) mass is 342 g/mol. The lowest BCUT2D eigenvalue weighted by Crippen LogP contribution is -1.99. The Bertz CT molecular complexity index is 583. The topological polar surface area (TPSA) is 0 Å². The number of benzene rings is 2. The Morgan fingerprint density at radius 2 is 1.25 bits per heavy atom. The van der Waals surface area contributed by atoms with Crippen molar-refractivity contribution in [3.63, 3.8) is 0 Å². The van der Waals surface area contributed by atoms with Crippen LogP contribution < -0.4 is 0 Å². The van der Waals surface area contributed by atoms with Gasteiger partial charge in [0.05, 0.1) is 4.83 Å². The van der Waals surface area contributed by atoms with Crippen LogP contribution in [0.25, 0.3) is 0 Å². The van der Waals surface area contributed by atoms with Gasteiger partial charge in [-0.1, -0.05) is 54.0 Å². The van der Waals surface area contributed by atoms with Crippen molar-refractivity contribution in [2.45, 2.75) is 24.6 Å². The lowest BCUT2D eigenvalue weighted by atomic mass is 9.98. The van der Waals surface area contributed by atoms with E-state index in [-0.39, 0.29) is 4.83 Å². The zero-order valence-electron chi connectivity index (χ0n) is 11.1. The molecule has 20 heavy (non-hydrogen) atoms. The first-order chi connectivity index (χ1) is 9.40. The van der Waals surface area contributed by atoms with E-state index in [2.05, 4.69) is 29.8 Å². The van der Waals surface area contributed by atoms with E-state index in [4.69, 9.17) is 0 Å². The van der Waals surface area contributed by atoms with Gasteiger partial charge in [-0.25, -0.2) is 13.2 Å². The molecule has 0 aliphatic rings. The molecule has 0 saturated carbocycles. The summed E-state index contributed by atoms with van der Waals surface area (Å²) in [5.41, 5.74) is 2.39. The van der Waals surface area contributed by atoms with Gasteiger partial charge in [-0.05, 0) is 34.7 Å². The van der Waals surface area contributed by atoms with Crippen LogP contribution in [0.15, 0.2) is 36.4 Å². The normalized spacial score (nSPS) is 12.8. The van der Waals surface area contributed by atoms with Gasteiger partial charge in [0.1, 0.15) is 0 Å². The lowest BCUT2D eigenvalue weighted by Gasteiger charge is -2.13. The molecule has 1 unspecified atom stereocenters. The molecule has 1 atom stereocenters. The van der Waals surface area contributed by atoms with Gasteiger partial charge in [0.2, 0.25) is 0 Å². The van der Waals surface area contributed by atoms with Gasteiger partial charge in [-0.15, -0.1) is 0 Å². The maximum atomic E-state index is 13.3. The Morgan fingerprint density at radius 1 is 0.800 bits per heavy atom. The minimum absolute atomic E-state index is 0.346. The number of hydrogen-bond acceptors (Lipinski definition) is 0. The maximum absolute atomic E-state index is 13.3. The average molecular weight is 343 g/mol. The van der Waals surface area contributed by atoms with Crippen molar-refractivity contribution in [3.8, 4) is 0 Å². The molecule has 0 amide bonds. The average Bonchev–Trinajstić information content (AvgIpc) is 2.43. The van der Waals surface area contributed by atoms with E-state index in [0.717, 1.165) is 17.7 Å². The van der Waals surface area contributed by atoms with Gasteiger partial charge >= 0.3 is 0 Å². The molecule has 0 aromatic heterocycles. The minimum Gasteiger partial charge on any atom is -0.204 e. The summed E-state index contributed by atoms with van der Waals surface area (Å²) in [6.45, 7) is 4.18. The van der Waals surface area contributed by atoms with Crippen LogP contribution in [0.4, 0.5) is 13.2 Å². The second-order valence-corrected chi connectivity index (χ2v) is 5.90. The number of rotatable bonds is 3. The summed E-state index contributed by atoms with van der Waals surface area (Å²) in [5.74, 6) is -3.38.